The number of benzene rings is 3. The van der Waals surface area contributed by atoms with Crippen LogP contribution < -0.4 is 29.1 Å². The molecule has 3 rings (SSSR count). The molecular formula is C27H28N2O7. The highest BCUT2D eigenvalue weighted by Crippen LogP contribution is 2.38. The lowest BCUT2D eigenvalue weighted by Crippen LogP contribution is -2.17. The van der Waals surface area contributed by atoms with Crippen molar-refractivity contribution in [2.24, 2.45) is 5.10 Å². The number of methoxy groups -OCH3 is 4. The van der Waals surface area contributed by atoms with E-state index in [2.05, 4.69) is 10.5 Å². The van der Waals surface area contributed by atoms with Crippen molar-refractivity contribution in [3.63, 3.8) is 0 Å². The van der Waals surface area contributed by atoms with Gasteiger partial charge in [0.2, 0.25) is 11.7 Å². The molecule has 0 heterocycles. The number of aryl methyl sites for hydroxylation is 1. The molecule has 0 spiro atoms. The number of amides is 1. The smallest absolute Gasteiger partial charge is 0.343 e. The normalized spacial score (nSPS) is 10.6. The van der Waals surface area contributed by atoms with E-state index in [-0.39, 0.29) is 17.2 Å². The van der Waals surface area contributed by atoms with E-state index in [0.717, 1.165) is 5.56 Å². The summed E-state index contributed by atoms with van der Waals surface area (Å²) in [5.41, 5.74) is 4.44. The van der Waals surface area contributed by atoms with Crippen LogP contribution >= 0.6 is 0 Å². The van der Waals surface area contributed by atoms with Gasteiger partial charge in [0.15, 0.2) is 23.0 Å². The standard InChI is InChI=1S/C27H28N2O7/c1-32-22-14-19(17-28-29-25(30)13-11-18-8-6-5-7-9-18)10-12-21(22)36-27(31)20-15-23(33-2)26(35-4)24(16-20)34-3/h5-10,12,14-17H,11,13H2,1-4H3,(H,29,30)/b28-17-. The summed E-state index contributed by atoms with van der Waals surface area (Å²) in [7, 11) is 5.85. The molecule has 0 saturated heterocycles. The maximum Gasteiger partial charge on any atom is 0.343 e. The van der Waals surface area contributed by atoms with E-state index in [0.29, 0.717) is 41.4 Å². The van der Waals surface area contributed by atoms with E-state index < -0.39 is 5.97 Å². The first-order valence-electron chi connectivity index (χ1n) is 11.0. The van der Waals surface area contributed by atoms with Gasteiger partial charge in [-0.1, -0.05) is 30.3 Å². The van der Waals surface area contributed by atoms with Crippen LogP contribution in [0.4, 0.5) is 0 Å². The van der Waals surface area contributed by atoms with Crippen LogP contribution in [-0.4, -0.2) is 46.5 Å². The van der Waals surface area contributed by atoms with Crippen LogP contribution in [0.5, 0.6) is 28.7 Å². The molecule has 0 aliphatic carbocycles. The third-order valence-corrected chi connectivity index (χ3v) is 5.18. The molecule has 0 aromatic heterocycles. The van der Waals surface area contributed by atoms with E-state index in [1.807, 2.05) is 30.3 Å². The molecule has 0 fully saturated rings. The van der Waals surface area contributed by atoms with Gasteiger partial charge in [0.1, 0.15) is 0 Å². The van der Waals surface area contributed by atoms with Crippen LogP contribution in [0, 0.1) is 0 Å². The Morgan fingerprint density at radius 1 is 0.806 bits per heavy atom. The molecule has 1 N–H and O–H groups in total. The maximum atomic E-state index is 12.8. The van der Waals surface area contributed by atoms with E-state index in [1.54, 1.807) is 18.2 Å². The van der Waals surface area contributed by atoms with Crippen LogP contribution in [0.2, 0.25) is 0 Å². The molecule has 9 heteroatoms. The Bertz CT molecular complexity index is 1200. The number of hydrazone groups is 1. The predicted octanol–water partition coefficient (Wildman–Crippen LogP) is 4.02. The monoisotopic (exact) mass is 492 g/mol. The van der Waals surface area contributed by atoms with Crippen molar-refractivity contribution in [3.8, 4) is 28.7 Å². The minimum absolute atomic E-state index is 0.196. The molecule has 0 atom stereocenters. The lowest BCUT2D eigenvalue weighted by atomic mass is 10.1. The summed E-state index contributed by atoms with van der Waals surface area (Å²) in [6.07, 6.45) is 2.43. The third kappa shape index (κ3) is 6.75. The molecule has 3 aromatic carbocycles. The van der Waals surface area contributed by atoms with Crippen molar-refractivity contribution in [3.05, 3.63) is 77.4 Å². The lowest BCUT2D eigenvalue weighted by molar-refractivity contribution is -0.121. The summed E-state index contributed by atoms with van der Waals surface area (Å²) >= 11 is 0. The Kier molecular flexibility index (Phi) is 9.27. The average Bonchev–Trinajstić information content (AvgIpc) is 2.92. The number of ether oxygens (including phenoxy) is 5. The van der Waals surface area contributed by atoms with Crippen molar-refractivity contribution < 1.29 is 33.3 Å². The molecule has 36 heavy (non-hydrogen) atoms. The number of rotatable bonds is 11. The minimum Gasteiger partial charge on any atom is -0.493 e. The fourth-order valence-electron chi connectivity index (χ4n) is 3.34. The fourth-order valence-corrected chi connectivity index (χ4v) is 3.34. The maximum absolute atomic E-state index is 12.8. The van der Waals surface area contributed by atoms with Crippen LogP contribution in [0.1, 0.15) is 27.9 Å². The van der Waals surface area contributed by atoms with Crippen LogP contribution in [0.3, 0.4) is 0 Å². The first-order chi connectivity index (χ1) is 17.5. The highest BCUT2D eigenvalue weighted by atomic mass is 16.6. The quantitative estimate of drug-likeness (QED) is 0.187. The molecule has 0 unspecified atom stereocenters. The van der Waals surface area contributed by atoms with Crippen molar-refractivity contribution in [1.29, 1.82) is 0 Å². The Morgan fingerprint density at radius 2 is 1.47 bits per heavy atom. The van der Waals surface area contributed by atoms with Gasteiger partial charge in [-0.15, -0.1) is 0 Å². The van der Waals surface area contributed by atoms with Gasteiger partial charge in [-0.3, -0.25) is 4.79 Å². The summed E-state index contributed by atoms with van der Waals surface area (Å²) in [4.78, 5) is 24.8. The predicted molar refractivity (Wildman–Crippen MR) is 135 cm³/mol. The summed E-state index contributed by atoms with van der Waals surface area (Å²) < 4.78 is 26.8. The number of nitrogens with one attached hydrogen (secondary N) is 1. The summed E-state index contributed by atoms with van der Waals surface area (Å²) in [5.74, 6) is 0.708. The lowest BCUT2D eigenvalue weighted by Gasteiger charge is -2.14. The first-order valence-corrected chi connectivity index (χ1v) is 11.0. The number of hydrogen-bond donors (Lipinski definition) is 1. The Hall–Kier alpha value is -4.53. The van der Waals surface area contributed by atoms with Gasteiger partial charge in [-0.2, -0.15) is 5.10 Å². The SMILES string of the molecule is COc1cc(/C=N\NC(=O)CCc2ccccc2)ccc1OC(=O)c1cc(OC)c(OC)c(OC)c1. The van der Waals surface area contributed by atoms with Gasteiger partial charge in [-0.25, -0.2) is 10.2 Å². The zero-order chi connectivity index (χ0) is 25.9. The first kappa shape index (κ1) is 26.1. The largest absolute Gasteiger partial charge is 0.493 e. The zero-order valence-corrected chi connectivity index (χ0v) is 20.6. The molecule has 0 aliphatic heterocycles. The van der Waals surface area contributed by atoms with Gasteiger partial charge in [0.25, 0.3) is 0 Å². The second-order valence-electron chi connectivity index (χ2n) is 7.49. The van der Waals surface area contributed by atoms with Gasteiger partial charge < -0.3 is 23.7 Å². The van der Waals surface area contributed by atoms with Gasteiger partial charge >= 0.3 is 5.97 Å². The van der Waals surface area contributed by atoms with Crippen molar-refractivity contribution in [2.45, 2.75) is 12.8 Å². The van der Waals surface area contributed by atoms with Gasteiger partial charge in [0, 0.05) is 6.42 Å². The van der Waals surface area contributed by atoms with E-state index in [4.69, 9.17) is 23.7 Å². The zero-order valence-electron chi connectivity index (χ0n) is 20.6. The van der Waals surface area contributed by atoms with Crippen LogP contribution in [0.25, 0.3) is 0 Å². The minimum atomic E-state index is -0.639. The second kappa shape index (κ2) is 12.8. The highest BCUT2D eigenvalue weighted by molar-refractivity contribution is 5.93. The molecule has 0 aliphatic rings. The Labute approximate surface area is 209 Å². The molecular weight excluding hydrogens is 464 g/mol. The molecule has 188 valence electrons. The molecule has 1 amide bonds. The summed E-state index contributed by atoms with van der Waals surface area (Å²) in [6.45, 7) is 0. The number of carbonyl (C=O) groups is 2. The van der Waals surface area contributed by atoms with Crippen molar-refractivity contribution in [2.75, 3.05) is 28.4 Å². The highest BCUT2D eigenvalue weighted by Gasteiger charge is 2.19. The van der Waals surface area contributed by atoms with E-state index in [9.17, 15) is 9.59 Å². The number of esters is 1. The number of carbonyl (C=O) groups excluding carboxylic acids is 2. The third-order valence-electron chi connectivity index (χ3n) is 5.18. The second-order valence-corrected chi connectivity index (χ2v) is 7.49. The summed E-state index contributed by atoms with van der Waals surface area (Å²) in [6, 6.07) is 17.6. The van der Waals surface area contributed by atoms with E-state index in [1.165, 1.54) is 46.8 Å². The number of hydrogen-bond acceptors (Lipinski definition) is 8. The van der Waals surface area contributed by atoms with Crippen LogP contribution in [-0.2, 0) is 11.2 Å². The summed E-state index contributed by atoms with van der Waals surface area (Å²) in [5, 5.41) is 3.99. The van der Waals surface area contributed by atoms with E-state index >= 15 is 0 Å². The average molecular weight is 493 g/mol. The van der Waals surface area contributed by atoms with Crippen LogP contribution in [0.15, 0.2) is 65.8 Å². The Morgan fingerprint density at radius 3 is 2.08 bits per heavy atom. The number of nitrogens with zero attached hydrogens (tertiary/aromatic N) is 1. The van der Waals surface area contributed by atoms with Gasteiger partial charge in [0.05, 0.1) is 40.2 Å². The molecule has 3 aromatic rings. The fraction of sp³-hybridized carbons (Fsp3) is 0.222. The van der Waals surface area contributed by atoms with Crippen molar-refractivity contribution in [1.82, 2.24) is 5.43 Å². The van der Waals surface area contributed by atoms with Gasteiger partial charge in [-0.05, 0) is 47.9 Å². The molecule has 0 bridgehead atoms. The topological polar surface area (TPSA) is 105 Å². The molecule has 0 saturated carbocycles. The van der Waals surface area contributed by atoms with Crippen molar-refractivity contribution >= 4 is 18.1 Å². The Balaban J connectivity index is 1.65. The molecule has 0 radical (unpaired) electrons. The molecule has 9 nitrogen and oxygen atoms in total.